The average molecular weight is 487 g/mol. The van der Waals surface area contributed by atoms with Crippen molar-refractivity contribution >= 4 is 11.8 Å². The summed E-state index contributed by atoms with van der Waals surface area (Å²) in [4.78, 5) is 30.7. The molecular weight excluding hydrogens is 455 g/mol. The zero-order valence-electron chi connectivity index (χ0n) is 20.5. The first kappa shape index (κ1) is 25.2. The molecule has 2 atom stereocenters. The van der Waals surface area contributed by atoms with Gasteiger partial charge in [-0.3, -0.25) is 9.59 Å². The molecule has 0 N–H and O–H groups in total. The molecule has 1 heterocycles. The van der Waals surface area contributed by atoms with E-state index in [0.717, 1.165) is 28.9 Å². The van der Waals surface area contributed by atoms with Gasteiger partial charge in [-0.1, -0.05) is 61.2 Å². The van der Waals surface area contributed by atoms with Gasteiger partial charge in [-0.15, -0.1) is 0 Å². The fourth-order valence-electron chi connectivity index (χ4n) is 4.81. The number of nitrogens with zero attached hydrogens (tertiary/aromatic N) is 2. The van der Waals surface area contributed by atoms with Crippen LogP contribution in [-0.2, 0) is 22.6 Å². The topological polar surface area (TPSA) is 49.9 Å². The highest BCUT2D eigenvalue weighted by atomic mass is 19.1. The smallest absolute Gasteiger partial charge is 0.246 e. The highest BCUT2D eigenvalue weighted by Gasteiger charge is 2.37. The molecule has 5 nitrogen and oxygen atoms in total. The summed E-state index contributed by atoms with van der Waals surface area (Å²) in [6.45, 7) is 4.43. The van der Waals surface area contributed by atoms with Crippen LogP contribution < -0.4 is 4.74 Å². The van der Waals surface area contributed by atoms with Crippen LogP contribution in [0.5, 0.6) is 5.75 Å². The summed E-state index contributed by atoms with van der Waals surface area (Å²) in [5, 5.41) is 0. The molecule has 0 spiro atoms. The first-order valence-corrected chi connectivity index (χ1v) is 12.2. The molecule has 0 aromatic heterocycles. The largest absolute Gasteiger partial charge is 0.497 e. The number of hydrogen-bond acceptors (Lipinski definition) is 3. The summed E-state index contributed by atoms with van der Waals surface area (Å²) in [6.07, 6.45) is 3.07. The van der Waals surface area contributed by atoms with Crippen molar-refractivity contribution in [1.29, 1.82) is 0 Å². The second kappa shape index (κ2) is 11.7. The molecule has 6 heteroatoms. The maximum atomic E-state index is 14.3. The number of ether oxygens (including phenoxy) is 1. The fraction of sp³-hybridized carbons (Fsp3) is 0.267. The Labute approximate surface area is 211 Å². The van der Waals surface area contributed by atoms with Crippen LogP contribution in [0.3, 0.4) is 0 Å². The van der Waals surface area contributed by atoms with Gasteiger partial charge < -0.3 is 14.5 Å². The van der Waals surface area contributed by atoms with Gasteiger partial charge in [-0.05, 0) is 59.9 Å². The van der Waals surface area contributed by atoms with E-state index in [-0.39, 0.29) is 23.7 Å². The zero-order valence-corrected chi connectivity index (χ0v) is 20.5. The monoisotopic (exact) mass is 486 g/mol. The predicted octanol–water partition coefficient (Wildman–Crippen LogP) is 5.32. The standard InChI is InChI=1S/C30H31FN2O3/c1-3-29(34)32-19-7-10-27(24-13-17-26(36-2)18-14-24)33(21-23-11-15-25(31)16-12-23)30(35)28(32)20-22-8-5-4-6-9-22/h3-6,8-9,11-18,27-28H,1,7,10,19-21H2,2H3/t27-,28-/m1/s1. The third-order valence-corrected chi connectivity index (χ3v) is 6.69. The second-order valence-corrected chi connectivity index (χ2v) is 8.97. The second-order valence-electron chi connectivity index (χ2n) is 8.97. The predicted molar refractivity (Wildman–Crippen MR) is 138 cm³/mol. The van der Waals surface area contributed by atoms with Crippen molar-refractivity contribution < 1.29 is 18.7 Å². The van der Waals surface area contributed by atoms with E-state index in [4.69, 9.17) is 4.74 Å². The number of benzene rings is 3. The Hall–Kier alpha value is -3.93. The third-order valence-electron chi connectivity index (χ3n) is 6.69. The van der Waals surface area contributed by atoms with Crippen LogP contribution in [-0.4, -0.2) is 41.3 Å². The number of carbonyl (C=O) groups excluding carboxylic acids is 2. The Morgan fingerprint density at radius 3 is 2.36 bits per heavy atom. The zero-order chi connectivity index (χ0) is 25.5. The first-order chi connectivity index (χ1) is 17.5. The van der Waals surface area contributed by atoms with Gasteiger partial charge in [0.1, 0.15) is 17.6 Å². The average Bonchev–Trinajstić information content (AvgIpc) is 2.91. The van der Waals surface area contributed by atoms with E-state index in [1.54, 1.807) is 24.1 Å². The van der Waals surface area contributed by atoms with Crippen molar-refractivity contribution in [3.05, 3.63) is 114 Å². The van der Waals surface area contributed by atoms with Crippen LogP contribution in [0.2, 0.25) is 0 Å². The summed E-state index contributed by atoms with van der Waals surface area (Å²) in [5.41, 5.74) is 2.79. The highest BCUT2D eigenvalue weighted by Crippen LogP contribution is 2.33. The van der Waals surface area contributed by atoms with E-state index in [1.165, 1.54) is 18.2 Å². The molecule has 3 aromatic carbocycles. The van der Waals surface area contributed by atoms with E-state index in [2.05, 4.69) is 6.58 Å². The van der Waals surface area contributed by atoms with Crippen LogP contribution in [0.15, 0.2) is 91.5 Å². The Kier molecular flexibility index (Phi) is 8.16. The van der Waals surface area contributed by atoms with E-state index in [1.807, 2.05) is 59.5 Å². The Balaban J connectivity index is 1.76. The van der Waals surface area contributed by atoms with Gasteiger partial charge in [0, 0.05) is 19.5 Å². The van der Waals surface area contributed by atoms with Crippen molar-refractivity contribution in [3.8, 4) is 5.75 Å². The summed E-state index contributed by atoms with van der Waals surface area (Å²) >= 11 is 0. The lowest BCUT2D eigenvalue weighted by Crippen LogP contribution is -2.54. The van der Waals surface area contributed by atoms with Gasteiger partial charge in [0.25, 0.3) is 0 Å². The lowest BCUT2D eigenvalue weighted by Gasteiger charge is -2.41. The number of methoxy groups -OCH3 is 1. The highest BCUT2D eigenvalue weighted by molar-refractivity contribution is 5.93. The van der Waals surface area contributed by atoms with Gasteiger partial charge in [0.2, 0.25) is 11.8 Å². The molecular formula is C30H31FN2O3. The molecule has 0 bridgehead atoms. The lowest BCUT2D eigenvalue weighted by atomic mass is 9.94. The van der Waals surface area contributed by atoms with Gasteiger partial charge in [-0.25, -0.2) is 4.39 Å². The quantitative estimate of drug-likeness (QED) is 0.425. The van der Waals surface area contributed by atoms with Crippen LogP contribution in [0.1, 0.15) is 35.6 Å². The molecule has 3 aromatic rings. The molecule has 0 radical (unpaired) electrons. The number of rotatable bonds is 7. The lowest BCUT2D eigenvalue weighted by molar-refractivity contribution is -0.148. The molecule has 0 unspecified atom stereocenters. The van der Waals surface area contributed by atoms with Crippen molar-refractivity contribution in [2.24, 2.45) is 0 Å². The van der Waals surface area contributed by atoms with Gasteiger partial charge in [0.05, 0.1) is 13.2 Å². The Morgan fingerprint density at radius 1 is 1.03 bits per heavy atom. The Bertz CT molecular complexity index is 1180. The van der Waals surface area contributed by atoms with Crippen LogP contribution in [0.4, 0.5) is 4.39 Å². The van der Waals surface area contributed by atoms with Crippen molar-refractivity contribution in [2.75, 3.05) is 13.7 Å². The summed E-state index contributed by atoms with van der Waals surface area (Å²) in [6, 6.07) is 22.8. The van der Waals surface area contributed by atoms with Crippen molar-refractivity contribution in [2.45, 2.75) is 37.9 Å². The van der Waals surface area contributed by atoms with E-state index < -0.39 is 6.04 Å². The molecule has 0 saturated carbocycles. The van der Waals surface area contributed by atoms with Gasteiger partial charge in [-0.2, -0.15) is 0 Å². The van der Waals surface area contributed by atoms with Crippen molar-refractivity contribution in [3.63, 3.8) is 0 Å². The van der Waals surface area contributed by atoms with Gasteiger partial charge in [0.15, 0.2) is 0 Å². The number of halogens is 1. The minimum atomic E-state index is -0.681. The summed E-state index contributed by atoms with van der Waals surface area (Å²) in [7, 11) is 1.62. The summed E-state index contributed by atoms with van der Waals surface area (Å²) < 4.78 is 18.9. The van der Waals surface area contributed by atoms with Crippen LogP contribution in [0.25, 0.3) is 0 Å². The minimum absolute atomic E-state index is 0.140. The third kappa shape index (κ3) is 5.82. The molecule has 1 aliphatic heterocycles. The molecule has 1 aliphatic rings. The molecule has 1 saturated heterocycles. The first-order valence-electron chi connectivity index (χ1n) is 12.2. The van der Waals surface area contributed by atoms with Crippen molar-refractivity contribution in [1.82, 2.24) is 9.80 Å². The molecule has 1 fully saturated rings. The van der Waals surface area contributed by atoms with Gasteiger partial charge >= 0.3 is 0 Å². The number of amides is 2. The number of hydrogen-bond donors (Lipinski definition) is 0. The van der Waals surface area contributed by atoms with Crippen LogP contribution in [0, 0.1) is 5.82 Å². The molecule has 2 amide bonds. The minimum Gasteiger partial charge on any atom is -0.497 e. The molecule has 4 rings (SSSR count). The normalized spacial score (nSPS) is 18.3. The Morgan fingerprint density at radius 2 is 1.72 bits per heavy atom. The molecule has 36 heavy (non-hydrogen) atoms. The molecule has 0 aliphatic carbocycles. The van der Waals surface area contributed by atoms with E-state index in [9.17, 15) is 14.0 Å². The molecule has 186 valence electrons. The summed E-state index contributed by atoms with van der Waals surface area (Å²) in [5.74, 6) is 0.0210. The van der Waals surface area contributed by atoms with E-state index >= 15 is 0 Å². The number of carbonyl (C=O) groups is 2. The SMILES string of the molecule is C=CC(=O)N1CCC[C@H](c2ccc(OC)cc2)N(Cc2ccc(F)cc2)C(=O)[C@H]1Cc1ccccc1. The maximum absolute atomic E-state index is 14.3. The maximum Gasteiger partial charge on any atom is 0.246 e. The van der Waals surface area contributed by atoms with E-state index in [0.29, 0.717) is 25.9 Å². The fourth-order valence-corrected chi connectivity index (χ4v) is 4.81. The van der Waals surface area contributed by atoms with Crippen LogP contribution >= 0.6 is 0 Å².